The average Bonchev–Trinajstić information content (AvgIpc) is 2.39. The number of carbonyl (C=O) groups is 1. The maximum absolute atomic E-state index is 10.7. The minimum absolute atomic E-state index is 0. The molecule has 0 saturated carbocycles. The second-order valence-electron chi connectivity index (χ2n) is 4.34. The number of nitrogens with one attached hydrogen (secondary N) is 1. The lowest BCUT2D eigenvalue weighted by molar-refractivity contribution is -0.0710. The molecule has 6 heteroatoms. The van der Waals surface area contributed by atoms with Crippen molar-refractivity contribution in [1.29, 1.82) is 0 Å². The van der Waals surface area contributed by atoms with Crippen molar-refractivity contribution in [3.8, 4) is 11.5 Å². The first-order valence-electron chi connectivity index (χ1n) is 5.82. The Morgan fingerprint density at radius 3 is 2.79 bits per heavy atom. The van der Waals surface area contributed by atoms with Gasteiger partial charge in [-0.1, -0.05) is 0 Å². The van der Waals surface area contributed by atoms with Crippen molar-refractivity contribution in [2.24, 2.45) is 0 Å². The van der Waals surface area contributed by atoms with Crippen LogP contribution >= 0.6 is 12.4 Å². The van der Waals surface area contributed by atoms with E-state index in [9.17, 15) is 4.79 Å². The average molecular weight is 288 g/mol. The molecule has 1 fully saturated rings. The smallest absolute Gasteiger partial charge is 0.181 e. The number of aldehydes is 1. The Morgan fingerprint density at radius 1 is 1.42 bits per heavy atom. The summed E-state index contributed by atoms with van der Waals surface area (Å²) in [4.78, 5) is 10.7. The summed E-state index contributed by atoms with van der Waals surface area (Å²) >= 11 is 0. The fourth-order valence-corrected chi connectivity index (χ4v) is 1.86. The zero-order chi connectivity index (χ0) is 13.0. The Bertz CT molecular complexity index is 433. The van der Waals surface area contributed by atoms with Crippen molar-refractivity contribution < 1.29 is 19.0 Å². The largest absolute Gasteiger partial charge is 0.493 e. The molecule has 0 aromatic heterocycles. The molecule has 19 heavy (non-hydrogen) atoms. The lowest BCUT2D eigenvalue weighted by Gasteiger charge is -2.35. The van der Waals surface area contributed by atoms with E-state index in [-0.39, 0.29) is 12.4 Å². The Kier molecular flexibility index (Phi) is 5.60. The molecule has 1 atom stereocenters. The first-order chi connectivity index (χ1) is 8.67. The van der Waals surface area contributed by atoms with E-state index in [2.05, 4.69) is 5.32 Å². The van der Waals surface area contributed by atoms with Crippen molar-refractivity contribution in [1.82, 2.24) is 5.32 Å². The summed E-state index contributed by atoms with van der Waals surface area (Å²) in [6.07, 6.45) is 0.774. The number of rotatable bonds is 4. The zero-order valence-corrected chi connectivity index (χ0v) is 11.8. The summed E-state index contributed by atoms with van der Waals surface area (Å²) in [6.45, 7) is 3.80. The minimum Gasteiger partial charge on any atom is -0.493 e. The van der Waals surface area contributed by atoms with Gasteiger partial charge in [0.2, 0.25) is 0 Å². The summed E-state index contributed by atoms with van der Waals surface area (Å²) in [7, 11) is 1.55. The van der Waals surface area contributed by atoms with Crippen molar-refractivity contribution in [3.63, 3.8) is 0 Å². The van der Waals surface area contributed by atoms with Gasteiger partial charge in [-0.3, -0.25) is 10.1 Å². The van der Waals surface area contributed by atoms with Crippen LogP contribution in [0.4, 0.5) is 0 Å². The highest BCUT2D eigenvalue weighted by Gasteiger charge is 2.30. The van der Waals surface area contributed by atoms with Crippen molar-refractivity contribution in [2.75, 3.05) is 26.9 Å². The number of morpholine rings is 1. The van der Waals surface area contributed by atoms with E-state index in [0.717, 1.165) is 12.8 Å². The van der Waals surface area contributed by atoms with Crippen LogP contribution in [0.2, 0.25) is 0 Å². The maximum Gasteiger partial charge on any atom is 0.181 e. The van der Waals surface area contributed by atoms with Gasteiger partial charge < -0.3 is 14.2 Å². The van der Waals surface area contributed by atoms with Crippen molar-refractivity contribution in [3.05, 3.63) is 23.8 Å². The Hall–Kier alpha value is -1.30. The van der Waals surface area contributed by atoms with Gasteiger partial charge in [0.1, 0.15) is 12.9 Å². The quantitative estimate of drug-likeness (QED) is 0.853. The molecule has 0 bridgehead atoms. The van der Waals surface area contributed by atoms with E-state index in [1.807, 2.05) is 6.92 Å². The molecule has 0 spiro atoms. The van der Waals surface area contributed by atoms with E-state index in [0.29, 0.717) is 30.3 Å². The molecule has 0 radical (unpaired) electrons. The third kappa shape index (κ3) is 3.83. The lowest BCUT2D eigenvalue weighted by Crippen LogP contribution is -2.56. The molecule has 0 aliphatic carbocycles. The summed E-state index contributed by atoms with van der Waals surface area (Å²) < 4.78 is 16.5. The lowest BCUT2D eigenvalue weighted by atomic mass is 10.2. The standard InChI is InChI=1S/C13H17NO4.ClH/c1-13(9-17-6-5-14-13)18-11-4-3-10(8-15)7-12(11)16-2;/h3-4,7-8,14H,5-6,9H2,1-2H3;1H/t13-;/m1./s1. The number of benzene rings is 1. The van der Waals surface area contributed by atoms with Crippen LogP contribution in [0.3, 0.4) is 0 Å². The van der Waals surface area contributed by atoms with E-state index in [1.54, 1.807) is 25.3 Å². The molecule has 1 aliphatic rings. The zero-order valence-electron chi connectivity index (χ0n) is 11.0. The first kappa shape index (κ1) is 15.8. The van der Waals surface area contributed by atoms with Crippen LogP contribution in [0.5, 0.6) is 11.5 Å². The van der Waals surface area contributed by atoms with E-state index < -0.39 is 5.72 Å². The van der Waals surface area contributed by atoms with Gasteiger partial charge in [0.25, 0.3) is 0 Å². The molecule has 0 unspecified atom stereocenters. The fourth-order valence-electron chi connectivity index (χ4n) is 1.86. The van der Waals surface area contributed by atoms with Gasteiger partial charge in [0.15, 0.2) is 17.2 Å². The van der Waals surface area contributed by atoms with E-state index in [1.165, 1.54) is 0 Å². The monoisotopic (exact) mass is 287 g/mol. The summed E-state index contributed by atoms with van der Waals surface area (Å²) in [5.41, 5.74) is -0.0222. The predicted molar refractivity (Wildman–Crippen MR) is 73.5 cm³/mol. The number of carbonyl (C=O) groups excluding carboxylic acids is 1. The molecule has 2 rings (SSSR count). The molecule has 1 N–H and O–H groups in total. The Labute approximate surface area is 118 Å². The first-order valence-corrected chi connectivity index (χ1v) is 5.82. The summed E-state index contributed by atoms with van der Waals surface area (Å²) in [5, 5.41) is 3.25. The Balaban J connectivity index is 0.00000180. The SMILES string of the molecule is COc1cc(C=O)ccc1O[C@]1(C)COCCN1.Cl. The highest BCUT2D eigenvalue weighted by Crippen LogP contribution is 2.30. The molecule has 0 amide bonds. The topological polar surface area (TPSA) is 56.8 Å². The van der Waals surface area contributed by atoms with Crippen LogP contribution < -0.4 is 14.8 Å². The van der Waals surface area contributed by atoms with Gasteiger partial charge in [-0.15, -0.1) is 12.4 Å². The van der Waals surface area contributed by atoms with Crippen molar-refractivity contribution in [2.45, 2.75) is 12.6 Å². The van der Waals surface area contributed by atoms with Crippen LogP contribution in [0.25, 0.3) is 0 Å². The number of methoxy groups -OCH3 is 1. The van der Waals surface area contributed by atoms with Gasteiger partial charge in [0, 0.05) is 12.1 Å². The maximum atomic E-state index is 10.7. The Morgan fingerprint density at radius 2 is 2.21 bits per heavy atom. The summed E-state index contributed by atoms with van der Waals surface area (Å²) in [5.74, 6) is 1.12. The third-order valence-electron chi connectivity index (χ3n) is 2.78. The molecule has 5 nitrogen and oxygen atoms in total. The predicted octanol–water partition coefficient (Wildman–Crippen LogP) is 1.64. The number of ether oxygens (including phenoxy) is 3. The molecule has 1 heterocycles. The molecule has 106 valence electrons. The number of halogens is 1. The molecule has 1 aromatic carbocycles. The van der Waals surface area contributed by atoms with Crippen LogP contribution in [0.15, 0.2) is 18.2 Å². The normalized spacial score (nSPS) is 22.2. The minimum atomic E-state index is -0.575. The molecule has 1 aromatic rings. The van der Waals surface area contributed by atoms with Gasteiger partial charge in [-0.05, 0) is 25.1 Å². The van der Waals surface area contributed by atoms with Gasteiger partial charge in [0.05, 0.1) is 13.7 Å². The molecular weight excluding hydrogens is 270 g/mol. The second kappa shape index (κ2) is 6.75. The summed E-state index contributed by atoms with van der Waals surface area (Å²) in [6, 6.07) is 5.07. The molecule has 1 aliphatic heterocycles. The van der Waals surface area contributed by atoms with E-state index >= 15 is 0 Å². The molecular formula is C13H18ClNO4. The van der Waals surface area contributed by atoms with E-state index in [4.69, 9.17) is 14.2 Å². The fraction of sp³-hybridized carbons (Fsp3) is 0.462. The number of hydrogen-bond donors (Lipinski definition) is 1. The third-order valence-corrected chi connectivity index (χ3v) is 2.78. The van der Waals surface area contributed by atoms with Gasteiger partial charge in [-0.2, -0.15) is 0 Å². The van der Waals surface area contributed by atoms with Crippen molar-refractivity contribution >= 4 is 18.7 Å². The van der Waals surface area contributed by atoms with Gasteiger partial charge >= 0.3 is 0 Å². The van der Waals surface area contributed by atoms with Crippen LogP contribution in [0, 0.1) is 0 Å². The van der Waals surface area contributed by atoms with Crippen LogP contribution in [-0.4, -0.2) is 38.9 Å². The van der Waals surface area contributed by atoms with Crippen LogP contribution in [-0.2, 0) is 4.74 Å². The highest BCUT2D eigenvalue weighted by atomic mass is 35.5. The van der Waals surface area contributed by atoms with Gasteiger partial charge in [-0.25, -0.2) is 0 Å². The number of hydrogen-bond acceptors (Lipinski definition) is 5. The highest BCUT2D eigenvalue weighted by molar-refractivity contribution is 5.85. The molecule has 1 saturated heterocycles. The second-order valence-corrected chi connectivity index (χ2v) is 4.34. The van der Waals surface area contributed by atoms with Crippen LogP contribution in [0.1, 0.15) is 17.3 Å².